The Kier molecular flexibility index (Phi) is 6.11. The first-order chi connectivity index (χ1) is 15.0. The molecule has 0 atom stereocenters. The molecule has 1 amide bonds. The fourth-order valence-corrected chi connectivity index (χ4v) is 3.89. The number of rotatable bonds is 5. The number of ether oxygens (including phenoxy) is 1. The third-order valence-electron chi connectivity index (χ3n) is 5.68. The first kappa shape index (κ1) is 20.8. The lowest BCUT2D eigenvalue weighted by Gasteiger charge is -2.32. The van der Waals surface area contributed by atoms with E-state index in [9.17, 15) is 14.0 Å². The normalized spacial score (nSPS) is 14.5. The number of likely N-dealkylation sites (tertiary alicyclic amines) is 1. The van der Waals surface area contributed by atoms with Gasteiger partial charge in [0.25, 0.3) is 11.5 Å². The van der Waals surface area contributed by atoms with Gasteiger partial charge in [-0.3, -0.25) is 9.59 Å². The third-order valence-corrected chi connectivity index (χ3v) is 5.68. The molecule has 2 heterocycles. The topological polar surface area (TPSA) is 64.4 Å². The number of benzene rings is 2. The molecule has 0 spiro atoms. The minimum atomic E-state index is -0.401. The molecule has 160 valence electrons. The number of methoxy groups -OCH3 is 1. The molecule has 1 aliphatic heterocycles. The molecule has 31 heavy (non-hydrogen) atoms. The van der Waals surface area contributed by atoms with E-state index >= 15 is 0 Å². The number of piperidine rings is 1. The number of carbonyl (C=O) groups is 1. The summed E-state index contributed by atoms with van der Waals surface area (Å²) < 4.78 is 19.5. The molecule has 0 N–H and O–H groups in total. The maximum absolute atomic E-state index is 13.2. The van der Waals surface area contributed by atoms with Crippen molar-refractivity contribution in [1.29, 1.82) is 0 Å². The first-order valence-corrected chi connectivity index (χ1v) is 10.3. The average molecular weight is 421 g/mol. The Morgan fingerprint density at radius 1 is 1.03 bits per heavy atom. The molecule has 2 aromatic carbocycles. The smallest absolute Gasteiger partial charge is 0.274 e. The largest absolute Gasteiger partial charge is 0.497 e. The fourth-order valence-electron chi connectivity index (χ4n) is 3.89. The van der Waals surface area contributed by atoms with E-state index < -0.39 is 5.82 Å². The quantitative estimate of drug-likeness (QED) is 0.633. The zero-order valence-electron chi connectivity index (χ0n) is 17.3. The van der Waals surface area contributed by atoms with Crippen LogP contribution in [0.1, 0.15) is 28.9 Å². The molecule has 0 unspecified atom stereocenters. The van der Waals surface area contributed by atoms with Crippen molar-refractivity contribution >= 4 is 5.91 Å². The lowest BCUT2D eigenvalue weighted by Crippen LogP contribution is -2.40. The second kappa shape index (κ2) is 9.12. The van der Waals surface area contributed by atoms with Crippen LogP contribution in [0.5, 0.6) is 5.75 Å². The van der Waals surface area contributed by atoms with Gasteiger partial charge in [0.05, 0.1) is 12.8 Å². The van der Waals surface area contributed by atoms with Gasteiger partial charge in [-0.1, -0.05) is 12.1 Å². The van der Waals surface area contributed by atoms with E-state index in [1.54, 1.807) is 12.0 Å². The Hall–Kier alpha value is -3.48. The summed E-state index contributed by atoms with van der Waals surface area (Å²) >= 11 is 0. The summed E-state index contributed by atoms with van der Waals surface area (Å²) in [5.74, 6) is 0.762. The number of nitrogens with zero attached hydrogens (tertiary/aromatic N) is 3. The Morgan fingerprint density at radius 3 is 2.35 bits per heavy atom. The van der Waals surface area contributed by atoms with Crippen LogP contribution in [0.2, 0.25) is 0 Å². The van der Waals surface area contributed by atoms with Gasteiger partial charge >= 0.3 is 0 Å². The highest BCUT2D eigenvalue weighted by Crippen LogP contribution is 2.23. The summed E-state index contributed by atoms with van der Waals surface area (Å²) in [6, 6.07) is 16.3. The van der Waals surface area contributed by atoms with Crippen LogP contribution in [-0.2, 0) is 6.42 Å². The highest BCUT2D eigenvalue weighted by molar-refractivity contribution is 5.92. The molecule has 0 saturated carbocycles. The van der Waals surface area contributed by atoms with Crippen LogP contribution < -0.4 is 10.3 Å². The maximum Gasteiger partial charge on any atom is 0.274 e. The van der Waals surface area contributed by atoms with Gasteiger partial charge in [-0.15, -0.1) is 0 Å². The molecule has 6 nitrogen and oxygen atoms in total. The van der Waals surface area contributed by atoms with E-state index in [0.717, 1.165) is 29.7 Å². The van der Waals surface area contributed by atoms with Crippen LogP contribution in [0.4, 0.5) is 4.39 Å². The van der Waals surface area contributed by atoms with Crippen molar-refractivity contribution in [3.05, 3.63) is 88.1 Å². The van der Waals surface area contributed by atoms with Crippen LogP contribution in [-0.4, -0.2) is 40.8 Å². The van der Waals surface area contributed by atoms with Crippen molar-refractivity contribution in [1.82, 2.24) is 14.7 Å². The number of aromatic nitrogens is 2. The van der Waals surface area contributed by atoms with Crippen molar-refractivity contribution in [2.45, 2.75) is 19.3 Å². The summed E-state index contributed by atoms with van der Waals surface area (Å²) in [7, 11) is 1.66. The number of hydrogen-bond acceptors (Lipinski definition) is 4. The Balaban J connectivity index is 1.41. The van der Waals surface area contributed by atoms with E-state index in [1.807, 2.05) is 12.1 Å². The monoisotopic (exact) mass is 421 g/mol. The molecular weight excluding hydrogens is 397 g/mol. The zero-order chi connectivity index (χ0) is 21.8. The van der Waals surface area contributed by atoms with Crippen molar-refractivity contribution < 1.29 is 13.9 Å². The van der Waals surface area contributed by atoms with Gasteiger partial charge in [0.2, 0.25) is 0 Å². The lowest BCUT2D eigenvalue weighted by molar-refractivity contribution is 0.0682. The number of hydrogen-bond donors (Lipinski definition) is 0. The second-order valence-corrected chi connectivity index (χ2v) is 7.73. The Bertz CT molecular complexity index is 1100. The third kappa shape index (κ3) is 4.82. The van der Waals surface area contributed by atoms with Crippen LogP contribution in [0, 0.1) is 11.7 Å². The molecule has 1 fully saturated rings. The molecule has 0 aliphatic carbocycles. The van der Waals surface area contributed by atoms with Gasteiger partial charge in [-0.2, -0.15) is 9.78 Å². The zero-order valence-corrected chi connectivity index (χ0v) is 17.3. The summed E-state index contributed by atoms with van der Waals surface area (Å²) in [4.78, 5) is 26.9. The molecule has 1 aliphatic rings. The highest BCUT2D eigenvalue weighted by atomic mass is 19.1. The van der Waals surface area contributed by atoms with Crippen molar-refractivity contribution in [2.24, 2.45) is 5.92 Å². The van der Waals surface area contributed by atoms with Gasteiger partial charge in [-0.25, -0.2) is 4.39 Å². The minimum absolute atomic E-state index is 0.196. The van der Waals surface area contributed by atoms with Gasteiger partial charge < -0.3 is 9.64 Å². The Labute approximate surface area is 179 Å². The summed E-state index contributed by atoms with van der Waals surface area (Å²) in [6.07, 6.45) is 2.80. The molecular formula is C24H24FN3O3. The standard InChI is InChI=1S/C24H24FN3O3/c1-31-21-8-2-17(3-9-21)16-18-12-14-27(15-13-18)24(30)22-10-11-23(29)28(26-22)20-6-4-19(25)5-7-20/h2-11,18H,12-16H2,1H3. The van der Waals surface area contributed by atoms with Crippen LogP contribution in [0.3, 0.4) is 0 Å². The summed E-state index contributed by atoms with van der Waals surface area (Å²) in [6.45, 7) is 1.30. The van der Waals surface area contributed by atoms with E-state index in [0.29, 0.717) is 24.7 Å². The second-order valence-electron chi connectivity index (χ2n) is 7.73. The number of halogens is 1. The molecule has 3 aromatic rings. The molecule has 7 heteroatoms. The fraction of sp³-hybridized carbons (Fsp3) is 0.292. The van der Waals surface area contributed by atoms with E-state index in [1.165, 1.54) is 42.0 Å². The molecule has 0 radical (unpaired) electrons. The molecule has 4 rings (SSSR count). The summed E-state index contributed by atoms with van der Waals surface area (Å²) in [5.41, 5.74) is 1.51. The van der Waals surface area contributed by atoms with Gasteiger partial charge in [0.1, 0.15) is 17.3 Å². The average Bonchev–Trinajstić information content (AvgIpc) is 2.81. The molecule has 0 bridgehead atoms. The van der Waals surface area contributed by atoms with Crippen LogP contribution >= 0.6 is 0 Å². The van der Waals surface area contributed by atoms with E-state index in [4.69, 9.17) is 4.74 Å². The van der Waals surface area contributed by atoms with Gasteiger partial charge in [0.15, 0.2) is 0 Å². The molecule has 1 saturated heterocycles. The highest BCUT2D eigenvalue weighted by Gasteiger charge is 2.25. The predicted molar refractivity (Wildman–Crippen MR) is 115 cm³/mol. The Morgan fingerprint density at radius 2 is 1.71 bits per heavy atom. The maximum atomic E-state index is 13.2. The van der Waals surface area contributed by atoms with Crippen molar-refractivity contribution in [3.63, 3.8) is 0 Å². The van der Waals surface area contributed by atoms with Crippen LogP contribution in [0.15, 0.2) is 65.5 Å². The molecule has 1 aromatic heterocycles. The first-order valence-electron chi connectivity index (χ1n) is 10.3. The van der Waals surface area contributed by atoms with Gasteiger partial charge in [0, 0.05) is 19.2 Å². The SMILES string of the molecule is COc1ccc(CC2CCN(C(=O)c3ccc(=O)n(-c4ccc(F)cc4)n3)CC2)cc1. The van der Waals surface area contributed by atoms with Crippen molar-refractivity contribution in [3.8, 4) is 11.4 Å². The predicted octanol–water partition coefficient (Wildman–Crippen LogP) is 3.48. The minimum Gasteiger partial charge on any atom is -0.497 e. The van der Waals surface area contributed by atoms with Crippen LogP contribution in [0.25, 0.3) is 5.69 Å². The number of carbonyl (C=O) groups excluding carboxylic acids is 1. The van der Waals surface area contributed by atoms with Gasteiger partial charge in [-0.05, 0) is 73.2 Å². The summed E-state index contributed by atoms with van der Waals surface area (Å²) in [5, 5.41) is 4.23. The number of amides is 1. The lowest BCUT2D eigenvalue weighted by atomic mass is 9.90. The van der Waals surface area contributed by atoms with E-state index in [-0.39, 0.29) is 17.2 Å². The van der Waals surface area contributed by atoms with Crippen molar-refractivity contribution in [2.75, 3.05) is 20.2 Å². The van der Waals surface area contributed by atoms with E-state index in [2.05, 4.69) is 17.2 Å².